The van der Waals surface area contributed by atoms with E-state index in [2.05, 4.69) is 0 Å². The van der Waals surface area contributed by atoms with Crippen LogP contribution in [0, 0.1) is 6.92 Å². The number of benzene rings is 2. The molecular formula is C23H24N2O3S. The molecule has 1 fully saturated rings. The highest BCUT2D eigenvalue weighted by Gasteiger charge is 2.26. The summed E-state index contributed by atoms with van der Waals surface area (Å²) >= 11 is 1.48. The second-order valence-corrected chi connectivity index (χ2v) is 8.00. The van der Waals surface area contributed by atoms with Crippen molar-refractivity contribution in [1.29, 1.82) is 0 Å². The van der Waals surface area contributed by atoms with E-state index in [1.807, 2.05) is 60.8 Å². The predicted octanol–water partition coefficient (Wildman–Crippen LogP) is 4.95. The second kappa shape index (κ2) is 8.76. The number of amides is 1. The zero-order valence-electron chi connectivity index (χ0n) is 16.6. The third-order valence-corrected chi connectivity index (χ3v) is 5.93. The molecule has 2 aromatic carbocycles. The highest BCUT2D eigenvalue weighted by Crippen LogP contribution is 2.30. The van der Waals surface area contributed by atoms with Crippen LogP contribution in [0.25, 0.3) is 11.3 Å². The van der Waals surface area contributed by atoms with E-state index in [1.54, 1.807) is 12.0 Å². The van der Waals surface area contributed by atoms with Gasteiger partial charge in [-0.15, -0.1) is 11.3 Å². The van der Waals surface area contributed by atoms with Gasteiger partial charge in [-0.3, -0.25) is 9.69 Å². The minimum Gasteiger partial charge on any atom is -0.497 e. The van der Waals surface area contributed by atoms with Gasteiger partial charge < -0.3 is 9.47 Å². The minimum absolute atomic E-state index is 0.0452. The number of rotatable bonds is 6. The number of aryl methyl sites for hydroxylation is 1. The number of hydrogen-bond acceptors (Lipinski definition) is 5. The molecular weight excluding hydrogens is 384 g/mol. The molecule has 5 nitrogen and oxygen atoms in total. The van der Waals surface area contributed by atoms with Crippen molar-refractivity contribution < 1.29 is 14.3 Å². The Morgan fingerprint density at radius 2 is 1.97 bits per heavy atom. The third kappa shape index (κ3) is 4.49. The smallest absolute Gasteiger partial charge is 0.260 e. The molecule has 0 aliphatic carbocycles. The Morgan fingerprint density at radius 1 is 1.21 bits per heavy atom. The first kappa shape index (κ1) is 19.6. The fraction of sp³-hybridized carbons (Fsp3) is 0.304. The van der Waals surface area contributed by atoms with E-state index in [4.69, 9.17) is 14.5 Å². The first-order chi connectivity index (χ1) is 14.1. The van der Waals surface area contributed by atoms with E-state index in [1.165, 1.54) is 11.3 Å². The van der Waals surface area contributed by atoms with Gasteiger partial charge in [0, 0.05) is 23.1 Å². The number of methoxy groups -OCH3 is 1. The summed E-state index contributed by atoms with van der Waals surface area (Å²) in [5, 5.41) is 2.68. The van der Waals surface area contributed by atoms with Crippen molar-refractivity contribution in [3.05, 3.63) is 65.0 Å². The normalized spacial score (nSPS) is 16.0. The quantitative estimate of drug-likeness (QED) is 0.579. The van der Waals surface area contributed by atoms with Gasteiger partial charge in [0.05, 0.1) is 25.5 Å². The number of hydrogen-bond donors (Lipinski definition) is 0. The molecule has 3 aromatic rings. The first-order valence-electron chi connectivity index (χ1n) is 9.74. The van der Waals surface area contributed by atoms with Crippen LogP contribution in [0.15, 0.2) is 53.9 Å². The summed E-state index contributed by atoms with van der Waals surface area (Å²) in [5.41, 5.74) is 3.63. The standard InChI is InChI=1S/C23H24N2O3S/c1-16-5-7-18(8-6-16)22(26)25(14-20-4-3-13-28-20)23-24-21(15-29-23)17-9-11-19(27-2)12-10-17/h5-12,15,20H,3-4,13-14H2,1-2H3/t20-/m0/s1. The van der Waals surface area contributed by atoms with E-state index >= 15 is 0 Å². The van der Waals surface area contributed by atoms with E-state index in [9.17, 15) is 4.79 Å². The average Bonchev–Trinajstić information content (AvgIpc) is 3.44. The van der Waals surface area contributed by atoms with Crippen molar-refractivity contribution in [1.82, 2.24) is 4.98 Å². The molecule has 150 valence electrons. The lowest BCUT2D eigenvalue weighted by Crippen LogP contribution is -2.37. The Bertz CT molecular complexity index is 961. The van der Waals surface area contributed by atoms with Crippen molar-refractivity contribution >= 4 is 22.4 Å². The van der Waals surface area contributed by atoms with Crippen molar-refractivity contribution in [2.24, 2.45) is 0 Å². The fourth-order valence-electron chi connectivity index (χ4n) is 3.37. The molecule has 1 aliphatic rings. The molecule has 6 heteroatoms. The van der Waals surface area contributed by atoms with Crippen LogP contribution in [0.3, 0.4) is 0 Å². The molecule has 0 spiro atoms. The summed E-state index contributed by atoms with van der Waals surface area (Å²) in [6, 6.07) is 15.4. The van der Waals surface area contributed by atoms with Crippen LogP contribution >= 0.6 is 11.3 Å². The van der Waals surface area contributed by atoms with E-state index < -0.39 is 0 Å². The summed E-state index contributed by atoms with van der Waals surface area (Å²) in [4.78, 5) is 19.8. The lowest BCUT2D eigenvalue weighted by Gasteiger charge is -2.23. The SMILES string of the molecule is COc1ccc(-c2csc(N(C[C@@H]3CCCO3)C(=O)c3ccc(C)cc3)n2)cc1. The number of ether oxygens (including phenoxy) is 2. The summed E-state index contributed by atoms with van der Waals surface area (Å²) < 4.78 is 11.0. The van der Waals surface area contributed by atoms with E-state index in [-0.39, 0.29) is 12.0 Å². The van der Waals surface area contributed by atoms with Gasteiger partial charge in [0.2, 0.25) is 0 Å². The number of carbonyl (C=O) groups is 1. The van der Waals surface area contributed by atoms with E-state index in [0.29, 0.717) is 17.2 Å². The molecule has 0 saturated carbocycles. The number of aromatic nitrogens is 1. The number of thiazole rings is 1. The maximum atomic E-state index is 13.3. The van der Waals surface area contributed by atoms with Crippen LogP contribution in [0.4, 0.5) is 5.13 Å². The Morgan fingerprint density at radius 3 is 2.62 bits per heavy atom. The summed E-state index contributed by atoms with van der Waals surface area (Å²) in [7, 11) is 1.65. The summed E-state index contributed by atoms with van der Waals surface area (Å²) in [6.45, 7) is 3.29. The van der Waals surface area contributed by atoms with Crippen molar-refractivity contribution in [2.75, 3.05) is 25.2 Å². The predicted molar refractivity (Wildman–Crippen MR) is 116 cm³/mol. The van der Waals surface area contributed by atoms with Crippen molar-refractivity contribution in [2.45, 2.75) is 25.9 Å². The summed E-state index contributed by atoms with van der Waals surface area (Å²) in [6.07, 6.45) is 2.05. The van der Waals surface area contributed by atoms with Gasteiger partial charge >= 0.3 is 0 Å². The molecule has 1 aromatic heterocycles. The van der Waals surface area contributed by atoms with Gasteiger partial charge in [0.1, 0.15) is 5.75 Å². The maximum absolute atomic E-state index is 13.3. The van der Waals surface area contributed by atoms with Crippen LogP contribution < -0.4 is 9.64 Å². The molecule has 4 rings (SSSR count). The lowest BCUT2D eigenvalue weighted by molar-refractivity contribution is 0.0917. The van der Waals surface area contributed by atoms with Crippen LogP contribution in [-0.2, 0) is 4.74 Å². The maximum Gasteiger partial charge on any atom is 0.260 e. The Balaban J connectivity index is 1.62. The highest BCUT2D eigenvalue weighted by atomic mass is 32.1. The van der Waals surface area contributed by atoms with Crippen LogP contribution in [0.2, 0.25) is 0 Å². The van der Waals surface area contributed by atoms with Crippen LogP contribution in [0.1, 0.15) is 28.8 Å². The molecule has 2 heterocycles. The van der Waals surface area contributed by atoms with Crippen molar-refractivity contribution in [3.8, 4) is 17.0 Å². The molecule has 1 atom stereocenters. The zero-order valence-corrected chi connectivity index (χ0v) is 17.4. The van der Waals surface area contributed by atoms with Crippen molar-refractivity contribution in [3.63, 3.8) is 0 Å². The molecule has 1 aliphatic heterocycles. The van der Waals surface area contributed by atoms with Crippen LogP contribution in [0.5, 0.6) is 5.75 Å². The molecule has 0 unspecified atom stereocenters. The molecule has 1 amide bonds. The Hall–Kier alpha value is -2.70. The zero-order chi connectivity index (χ0) is 20.2. The molecule has 0 bridgehead atoms. The molecule has 0 radical (unpaired) electrons. The lowest BCUT2D eigenvalue weighted by atomic mass is 10.1. The van der Waals surface area contributed by atoms with Gasteiger partial charge in [0.15, 0.2) is 5.13 Å². The molecule has 0 N–H and O–H groups in total. The van der Waals surface area contributed by atoms with Gasteiger partial charge in [-0.2, -0.15) is 0 Å². The topological polar surface area (TPSA) is 51.7 Å². The van der Waals surface area contributed by atoms with E-state index in [0.717, 1.165) is 42.0 Å². The molecule has 29 heavy (non-hydrogen) atoms. The van der Waals surface area contributed by atoms with Crippen LogP contribution in [-0.4, -0.2) is 37.3 Å². The largest absolute Gasteiger partial charge is 0.497 e. The van der Waals surface area contributed by atoms with Gasteiger partial charge in [-0.1, -0.05) is 17.7 Å². The highest BCUT2D eigenvalue weighted by molar-refractivity contribution is 7.14. The number of nitrogens with zero attached hydrogens (tertiary/aromatic N) is 2. The molecule has 1 saturated heterocycles. The van der Waals surface area contributed by atoms with Gasteiger partial charge in [-0.05, 0) is 56.2 Å². The minimum atomic E-state index is -0.0452. The Kier molecular flexibility index (Phi) is 5.92. The number of carbonyl (C=O) groups excluding carboxylic acids is 1. The first-order valence-corrected chi connectivity index (χ1v) is 10.6. The number of anilines is 1. The average molecular weight is 409 g/mol. The fourth-order valence-corrected chi connectivity index (χ4v) is 4.22. The second-order valence-electron chi connectivity index (χ2n) is 7.16. The Labute approximate surface area is 174 Å². The van der Waals surface area contributed by atoms with Gasteiger partial charge in [0.25, 0.3) is 5.91 Å². The third-order valence-electron chi connectivity index (χ3n) is 5.06. The summed E-state index contributed by atoms with van der Waals surface area (Å²) in [5.74, 6) is 0.759. The monoisotopic (exact) mass is 408 g/mol. The van der Waals surface area contributed by atoms with Gasteiger partial charge in [-0.25, -0.2) is 4.98 Å².